The summed E-state index contributed by atoms with van der Waals surface area (Å²) in [5.41, 5.74) is 2.31. The van der Waals surface area contributed by atoms with Gasteiger partial charge >= 0.3 is 0 Å². The number of carbonyl (C=O) groups is 2. The first-order chi connectivity index (χ1) is 9.15. The fourth-order valence-electron chi connectivity index (χ4n) is 2.23. The second kappa shape index (κ2) is 5.69. The summed E-state index contributed by atoms with van der Waals surface area (Å²) in [5.74, 6) is -0.0400. The number of benzene rings is 1. The van der Waals surface area contributed by atoms with E-state index in [4.69, 9.17) is 0 Å². The maximum atomic E-state index is 12.4. The van der Waals surface area contributed by atoms with E-state index >= 15 is 0 Å². The van der Waals surface area contributed by atoms with Crippen LogP contribution in [0.5, 0.6) is 0 Å². The SMILES string of the molecule is C=CCN(CCC)C(=O)c1ccc2c(c1)NC(=O)C2. The Morgan fingerprint density at radius 3 is 3.00 bits per heavy atom. The van der Waals surface area contributed by atoms with E-state index in [0.29, 0.717) is 25.1 Å². The van der Waals surface area contributed by atoms with Crippen LogP contribution in [0.1, 0.15) is 29.3 Å². The summed E-state index contributed by atoms with van der Waals surface area (Å²) >= 11 is 0. The molecular weight excluding hydrogens is 240 g/mol. The normalized spacial score (nSPS) is 12.8. The summed E-state index contributed by atoms with van der Waals surface area (Å²) < 4.78 is 0. The molecule has 2 amide bonds. The second-order valence-corrected chi connectivity index (χ2v) is 4.64. The van der Waals surface area contributed by atoms with Crippen molar-refractivity contribution in [3.63, 3.8) is 0 Å². The number of nitrogens with one attached hydrogen (secondary N) is 1. The van der Waals surface area contributed by atoms with Crippen LogP contribution in [0.4, 0.5) is 5.69 Å². The Kier molecular flexibility index (Phi) is 4.00. The minimum absolute atomic E-state index is 0.0175. The number of rotatable bonds is 5. The lowest BCUT2D eigenvalue weighted by Crippen LogP contribution is -2.31. The van der Waals surface area contributed by atoms with Crippen molar-refractivity contribution in [3.05, 3.63) is 42.0 Å². The van der Waals surface area contributed by atoms with Crippen molar-refractivity contribution in [2.45, 2.75) is 19.8 Å². The molecule has 0 unspecified atom stereocenters. The van der Waals surface area contributed by atoms with E-state index in [9.17, 15) is 9.59 Å². The predicted molar refractivity (Wildman–Crippen MR) is 75.2 cm³/mol. The first-order valence-corrected chi connectivity index (χ1v) is 6.48. The van der Waals surface area contributed by atoms with Gasteiger partial charge in [0.15, 0.2) is 0 Å². The van der Waals surface area contributed by atoms with Gasteiger partial charge in [0.05, 0.1) is 6.42 Å². The third kappa shape index (κ3) is 2.84. The maximum Gasteiger partial charge on any atom is 0.254 e. The topological polar surface area (TPSA) is 49.4 Å². The van der Waals surface area contributed by atoms with Gasteiger partial charge < -0.3 is 10.2 Å². The highest BCUT2D eigenvalue weighted by atomic mass is 16.2. The molecular formula is C15H18N2O2. The van der Waals surface area contributed by atoms with Crippen molar-refractivity contribution in [3.8, 4) is 0 Å². The number of amides is 2. The minimum Gasteiger partial charge on any atom is -0.335 e. The third-order valence-electron chi connectivity index (χ3n) is 3.11. The molecule has 0 radical (unpaired) electrons. The number of nitrogens with zero attached hydrogens (tertiary/aromatic N) is 1. The molecule has 19 heavy (non-hydrogen) atoms. The van der Waals surface area contributed by atoms with Crippen LogP contribution in [0.15, 0.2) is 30.9 Å². The van der Waals surface area contributed by atoms with Crippen LogP contribution < -0.4 is 5.32 Å². The summed E-state index contributed by atoms with van der Waals surface area (Å²) in [7, 11) is 0. The van der Waals surface area contributed by atoms with Gasteiger partial charge in [0.25, 0.3) is 5.91 Å². The van der Waals surface area contributed by atoms with E-state index < -0.39 is 0 Å². The van der Waals surface area contributed by atoms with Crippen LogP contribution >= 0.6 is 0 Å². The van der Waals surface area contributed by atoms with Gasteiger partial charge in [0.1, 0.15) is 0 Å². The van der Waals surface area contributed by atoms with E-state index in [1.165, 1.54) is 0 Å². The molecule has 100 valence electrons. The van der Waals surface area contributed by atoms with Crippen LogP contribution in [0.25, 0.3) is 0 Å². The molecule has 2 rings (SSSR count). The molecule has 0 saturated heterocycles. The summed E-state index contributed by atoms with van der Waals surface area (Å²) in [5, 5.41) is 2.77. The molecule has 4 heteroatoms. The summed E-state index contributed by atoms with van der Waals surface area (Å²) in [6.07, 6.45) is 3.03. The van der Waals surface area contributed by atoms with Gasteiger partial charge in [-0.1, -0.05) is 19.1 Å². The molecule has 4 nitrogen and oxygen atoms in total. The number of hydrogen-bond donors (Lipinski definition) is 1. The van der Waals surface area contributed by atoms with E-state index in [1.807, 2.05) is 13.0 Å². The smallest absolute Gasteiger partial charge is 0.254 e. The van der Waals surface area contributed by atoms with Gasteiger partial charge in [-0.3, -0.25) is 9.59 Å². The molecule has 0 aliphatic carbocycles. The minimum atomic E-state index is -0.0225. The molecule has 1 aromatic rings. The zero-order chi connectivity index (χ0) is 13.8. The van der Waals surface area contributed by atoms with Crippen molar-refractivity contribution in [1.82, 2.24) is 4.90 Å². The van der Waals surface area contributed by atoms with Crippen LogP contribution in [0, 0.1) is 0 Å². The highest BCUT2D eigenvalue weighted by Crippen LogP contribution is 2.24. The van der Waals surface area contributed by atoms with E-state index in [0.717, 1.165) is 17.7 Å². The zero-order valence-electron chi connectivity index (χ0n) is 11.1. The summed E-state index contributed by atoms with van der Waals surface area (Å²) in [6.45, 7) is 6.95. The van der Waals surface area contributed by atoms with Crippen molar-refractivity contribution in [2.24, 2.45) is 0 Å². The van der Waals surface area contributed by atoms with Gasteiger partial charge in [-0.15, -0.1) is 6.58 Å². The van der Waals surface area contributed by atoms with Gasteiger partial charge in [-0.2, -0.15) is 0 Å². The average molecular weight is 258 g/mol. The van der Waals surface area contributed by atoms with Gasteiger partial charge in [-0.25, -0.2) is 0 Å². The summed E-state index contributed by atoms with van der Waals surface area (Å²) in [6, 6.07) is 5.39. The predicted octanol–water partition coefficient (Wildman–Crippen LogP) is 2.22. The number of hydrogen-bond acceptors (Lipinski definition) is 2. The molecule has 0 spiro atoms. The molecule has 0 bridgehead atoms. The Hall–Kier alpha value is -2.10. The van der Waals surface area contributed by atoms with Crippen LogP contribution in [0.3, 0.4) is 0 Å². The molecule has 1 aliphatic heterocycles. The van der Waals surface area contributed by atoms with Crippen LogP contribution in [-0.4, -0.2) is 29.8 Å². The number of carbonyl (C=O) groups excluding carboxylic acids is 2. The molecule has 0 aromatic heterocycles. The average Bonchev–Trinajstić information content (AvgIpc) is 2.76. The van der Waals surface area contributed by atoms with Crippen molar-refractivity contribution < 1.29 is 9.59 Å². The van der Waals surface area contributed by atoms with Crippen molar-refractivity contribution >= 4 is 17.5 Å². The third-order valence-corrected chi connectivity index (χ3v) is 3.11. The highest BCUT2D eigenvalue weighted by molar-refractivity contribution is 6.02. The number of fused-ring (bicyclic) bond motifs is 1. The largest absolute Gasteiger partial charge is 0.335 e. The van der Waals surface area contributed by atoms with Crippen LogP contribution in [-0.2, 0) is 11.2 Å². The second-order valence-electron chi connectivity index (χ2n) is 4.64. The lowest BCUT2D eigenvalue weighted by Gasteiger charge is -2.20. The Balaban J connectivity index is 2.21. The van der Waals surface area contributed by atoms with Crippen molar-refractivity contribution in [1.29, 1.82) is 0 Å². The maximum absolute atomic E-state index is 12.4. The standard InChI is InChI=1S/C15H18N2O2/c1-3-7-17(8-4-2)15(19)12-6-5-11-10-14(18)16-13(11)9-12/h3,5-6,9H,1,4,7-8,10H2,2H3,(H,16,18). The lowest BCUT2D eigenvalue weighted by atomic mass is 10.1. The van der Waals surface area contributed by atoms with Gasteiger partial charge in [-0.05, 0) is 24.1 Å². The molecule has 1 aromatic carbocycles. The number of anilines is 1. The Bertz CT molecular complexity index is 523. The van der Waals surface area contributed by atoms with Crippen molar-refractivity contribution in [2.75, 3.05) is 18.4 Å². The zero-order valence-corrected chi connectivity index (χ0v) is 11.1. The lowest BCUT2D eigenvalue weighted by molar-refractivity contribution is -0.115. The molecule has 1 aliphatic rings. The molecule has 1 heterocycles. The highest BCUT2D eigenvalue weighted by Gasteiger charge is 2.20. The molecule has 1 N–H and O–H groups in total. The first kappa shape index (κ1) is 13.3. The summed E-state index contributed by atoms with van der Waals surface area (Å²) in [4.78, 5) is 25.4. The first-order valence-electron chi connectivity index (χ1n) is 6.48. The van der Waals surface area contributed by atoms with Crippen LogP contribution in [0.2, 0.25) is 0 Å². The molecule has 0 fully saturated rings. The Labute approximate surface area is 113 Å². The van der Waals surface area contributed by atoms with E-state index in [-0.39, 0.29) is 11.8 Å². The fraction of sp³-hybridized carbons (Fsp3) is 0.333. The quantitative estimate of drug-likeness (QED) is 0.823. The van der Waals surface area contributed by atoms with E-state index in [2.05, 4.69) is 11.9 Å². The monoisotopic (exact) mass is 258 g/mol. The Morgan fingerprint density at radius 1 is 1.53 bits per heavy atom. The van der Waals surface area contributed by atoms with Gasteiger partial charge in [0.2, 0.25) is 5.91 Å². The molecule has 0 saturated carbocycles. The molecule has 0 atom stereocenters. The Morgan fingerprint density at radius 2 is 2.32 bits per heavy atom. The fourth-order valence-corrected chi connectivity index (χ4v) is 2.23. The van der Waals surface area contributed by atoms with Gasteiger partial charge in [0, 0.05) is 24.3 Å². The van der Waals surface area contributed by atoms with E-state index in [1.54, 1.807) is 23.1 Å².